The Bertz CT molecular complexity index is 158. The Morgan fingerprint density at radius 2 is 1.44 bits per heavy atom. The van der Waals surface area contributed by atoms with Gasteiger partial charge in [-0.15, -0.1) is 0 Å². The maximum Gasteiger partial charge on any atom is 0.00975 e. The Labute approximate surface area is 103 Å². The van der Waals surface area contributed by atoms with Gasteiger partial charge in [-0.25, -0.2) is 0 Å². The van der Waals surface area contributed by atoms with Crippen LogP contribution in [0.2, 0.25) is 0 Å². The molecule has 0 aromatic heterocycles. The van der Waals surface area contributed by atoms with Crippen molar-refractivity contribution in [1.82, 2.24) is 4.90 Å². The predicted molar refractivity (Wildman–Crippen MR) is 73.6 cm³/mol. The lowest BCUT2D eigenvalue weighted by molar-refractivity contribution is 0.210. The Kier molecular flexibility index (Phi) is 7.25. The molecule has 0 aliphatic heterocycles. The molecule has 16 heavy (non-hydrogen) atoms. The molecule has 0 unspecified atom stereocenters. The van der Waals surface area contributed by atoms with Gasteiger partial charge in [0.05, 0.1) is 0 Å². The summed E-state index contributed by atoms with van der Waals surface area (Å²) in [5, 5.41) is 0. The second-order valence-corrected chi connectivity index (χ2v) is 6.64. The van der Waals surface area contributed by atoms with Gasteiger partial charge in [-0.2, -0.15) is 0 Å². The molecule has 0 atom stereocenters. The second kappa shape index (κ2) is 7.29. The van der Waals surface area contributed by atoms with Crippen molar-refractivity contribution in [3.63, 3.8) is 0 Å². The van der Waals surface area contributed by atoms with E-state index in [0.29, 0.717) is 0 Å². The minimum Gasteiger partial charge on any atom is -0.326 e. The Balaban J connectivity index is 3.92. The van der Waals surface area contributed by atoms with E-state index >= 15 is 0 Å². The van der Waals surface area contributed by atoms with Gasteiger partial charge in [-0.05, 0) is 45.1 Å². The molecular weight excluding hydrogens is 196 g/mol. The standard InChI is InChI=1S/C14H32N2/c1-12(2)10-16(11-13(3)4)9-7-8-14(5,6)15/h12-13H,7-11,15H2,1-6H3. The van der Waals surface area contributed by atoms with Crippen LogP contribution in [0.15, 0.2) is 0 Å². The summed E-state index contributed by atoms with van der Waals surface area (Å²) in [5.74, 6) is 1.51. The zero-order valence-corrected chi connectivity index (χ0v) is 12.2. The van der Waals surface area contributed by atoms with Crippen molar-refractivity contribution in [2.75, 3.05) is 19.6 Å². The number of hydrogen-bond donors (Lipinski definition) is 1. The minimum absolute atomic E-state index is 0.0126. The van der Waals surface area contributed by atoms with E-state index in [9.17, 15) is 0 Å². The van der Waals surface area contributed by atoms with Gasteiger partial charge >= 0.3 is 0 Å². The van der Waals surface area contributed by atoms with Crippen LogP contribution in [-0.2, 0) is 0 Å². The van der Waals surface area contributed by atoms with Gasteiger partial charge in [0.2, 0.25) is 0 Å². The first-order valence-electron chi connectivity index (χ1n) is 6.72. The molecular formula is C14H32N2. The van der Waals surface area contributed by atoms with Crippen LogP contribution in [-0.4, -0.2) is 30.1 Å². The molecule has 0 radical (unpaired) electrons. The summed E-state index contributed by atoms with van der Waals surface area (Å²) in [7, 11) is 0. The average molecular weight is 228 g/mol. The van der Waals surface area contributed by atoms with Crippen molar-refractivity contribution in [3.8, 4) is 0 Å². The SMILES string of the molecule is CC(C)CN(CCCC(C)(C)N)CC(C)C. The molecule has 0 rings (SSSR count). The molecule has 98 valence electrons. The monoisotopic (exact) mass is 228 g/mol. The third-order valence-corrected chi connectivity index (χ3v) is 2.54. The fourth-order valence-corrected chi connectivity index (χ4v) is 2.05. The fraction of sp³-hybridized carbons (Fsp3) is 1.00. The molecule has 0 aromatic carbocycles. The Morgan fingerprint density at radius 3 is 1.75 bits per heavy atom. The van der Waals surface area contributed by atoms with Crippen molar-refractivity contribution in [3.05, 3.63) is 0 Å². The highest BCUT2D eigenvalue weighted by molar-refractivity contribution is 4.73. The minimum atomic E-state index is -0.0126. The van der Waals surface area contributed by atoms with Gasteiger partial charge in [0.25, 0.3) is 0 Å². The second-order valence-electron chi connectivity index (χ2n) is 6.64. The van der Waals surface area contributed by atoms with Crippen LogP contribution in [0.3, 0.4) is 0 Å². The largest absolute Gasteiger partial charge is 0.326 e. The summed E-state index contributed by atoms with van der Waals surface area (Å²) in [6, 6.07) is 0. The number of rotatable bonds is 8. The van der Waals surface area contributed by atoms with Gasteiger partial charge < -0.3 is 10.6 Å². The third kappa shape index (κ3) is 10.4. The first kappa shape index (κ1) is 15.9. The lowest BCUT2D eigenvalue weighted by atomic mass is 9.99. The third-order valence-electron chi connectivity index (χ3n) is 2.54. The van der Waals surface area contributed by atoms with Gasteiger partial charge in [0.15, 0.2) is 0 Å². The number of nitrogens with two attached hydrogens (primary N) is 1. The maximum absolute atomic E-state index is 6.01. The molecule has 2 heteroatoms. The summed E-state index contributed by atoms with van der Waals surface area (Å²) in [5.41, 5.74) is 5.99. The fourth-order valence-electron chi connectivity index (χ4n) is 2.05. The van der Waals surface area contributed by atoms with Crippen molar-refractivity contribution in [1.29, 1.82) is 0 Å². The normalized spacial score (nSPS) is 13.1. The molecule has 0 fully saturated rings. The van der Waals surface area contributed by atoms with Gasteiger partial charge in [-0.3, -0.25) is 0 Å². The van der Waals surface area contributed by atoms with Crippen LogP contribution in [0, 0.1) is 11.8 Å². The average Bonchev–Trinajstić information content (AvgIpc) is 1.98. The highest BCUT2D eigenvalue weighted by Gasteiger charge is 2.13. The topological polar surface area (TPSA) is 29.3 Å². The number of nitrogens with zero attached hydrogens (tertiary/aromatic N) is 1. The van der Waals surface area contributed by atoms with Crippen LogP contribution in [0.1, 0.15) is 54.4 Å². The molecule has 0 aliphatic carbocycles. The van der Waals surface area contributed by atoms with Crippen LogP contribution >= 0.6 is 0 Å². The van der Waals surface area contributed by atoms with Crippen LogP contribution in [0.25, 0.3) is 0 Å². The quantitative estimate of drug-likeness (QED) is 0.691. The molecule has 0 spiro atoms. The van der Waals surface area contributed by atoms with E-state index in [1.807, 2.05) is 0 Å². The van der Waals surface area contributed by atoms with Crippen molar-refractivity contribution in [2.24, 2.45) is 17.6 Å². The molecule has 0 aromatic rings. The molecule has 0 bridgehead atoms. The van der Waals surface area contributed by atoms with Gasteiger partial charge in [0, 0.05) is 18.6 Å². The summed E-state index contributed by atoms with van der Waals surface area (Å²) in [6.45, 7) is 17.0. The van der Waals surface area contributed by atoms with E-state index in [4.69, 9.17) is 5.73 Å². The van der Waals surface area contributed by atoms with Crippen LogP contribution in [0.5, 0.6) is 0 Å². The van der Waals surface area contributed by atoms with E-state index in [0.717, 1.165) is 18.3 Å². The summed E-state index contributed by atoms with van der Waals surface area (Å²) >= 11 is 0. The van der Waals surface area contributed by atoms with E-state index in [-0.39, 0.29) is 5.54 Å². The predicted octanol–water partition coefficient (Wildman–Crippen LogP) is 3.12. The van der Waals surface area contributed by atoms with E-state index in [1.165, 1.54) is 26.1 Å². The van der Waals surface area contributed by atoms with E-state index in [1.54, 1.807) is 0 Å². The number of hydrogen-bond acceptors (Lipinski definition) is 2. The van der Waals surface area contributed by atoms with Crippen molar-refractivity contribution >= 4 is 0 Å². The highest BCUT2D eigenvalue weighted by Crippen LogP contribution is 2.10. The van der Waals surface area contributed by atoms with Gasteiger partial charge in [0.1, 0.15) is 0 Å². The Morgan fingerprint density at radius 1 is 1.00 bits per heavy atom. The lowest BCUT2D eigenvalue weighted by Gasteiger charge is -2.27. The summed E-state index contributed by atoms with van der Waals surface area (Å²) < 4.78 is 0. The first-order chi connectivity index (χ1) is 7.20. The zero-order chi connectivity index (χ0) is 12.8. The smallest absolute Gasteiger partial charge is 0.00975 e. The van der Waals surface area contributed by atoms with Crippen molar-refractivity contribution in [2.45, 2.75) is 59.9 Å². The zero-order valence-electron chi connectivity index (χ0n) is 12.2. The highest BCUT2D eigenvalue weighted by atomic mass is 15.1. The van der Waals surface area contributed by atoms with Gasteiger partial charge in [-0.1, -0.05) is 27.7 Å². The molecule has 0 heterocycles. The molecule has 0 aliphatic rings. The maximum atomic E-state index is 6.01. The van der Waals surface area contributed by atoms with E-state index < -0.39 is 0 Å². The molecule has 0 saturated heterocycles. The van der Waals surface area contributed by atoms with Crippen LogP contribution in [0.4, 0.5) is 0 Å². The summed E-state index contributed by atoms with van der Waals surface area (Å²) in [4.78, 5) is 2.58. The van der Waals surface area contributed by atoms with Crippen LogP contribution < -0.4 is 5.73 Å². The lowest BCUT2D eigenvalue weighted by Crippen LogP contribution is -2.36. The van der Waals surface area contributed by atoms with E-state index in [2.05, 4.69) is 46.4 Å². The first-order valence-corrected chi connectivity index (χ1v) is 6.72. The Hall–Kier alpha value is -0.0800. The molecule has 0 amide bonds. The van der Waals surface area contributed by atoms with Crippen molar-refractivity contribution < 1.29 is 0 Å². The molecule has 2 N–H and O–H groups in total. The molecule has 2 nitrogen and oxygen atoms in total. The summed E-state index contributed by atoms with van der Waals surface area (Å²) in [6.07, 6.45) is 2.32. The molecule has 0 saturated carbocycles.